The molecule has 0 aliphatic heterocycles. The summed E-state index contributed by atoms with van der Waals surface area (Å²) in [6.45, 7) is 6.73. The zero-order valence-corrected chi connectivity index (χ0v) is 12.5. The van der Waals surface area contributed by atoms with Crippen LogP contribution in [0.1, 0.15) is 59.3 Å². The Labute approximate surface area is 116 Å². The largest absolute Gasteiger partial charge is 0.378 e. The quantitative estimate of drug-likeness (QED) is 0.819. The van der Waals surface area contributed by atoms with E-state index in [-0.39, 0.29) is 17.4 Å². The van der Waals surface area contributed by atoms with Gasteiger partial charge in [0.2, 0.25) is 5.91 Å². The molecule has 2 atom stereocenters. The summed E-state index contributed by atoms with van der Waals surface area (Å²) in [7, 11) is 0. The van der Waals surface area contributed by atoms with Crippen molar-refractivity contribution < 1.29 is 9.53 Å². The van der Waals surface area contributed by atoms with Crippen LogP contribution in [-0.4, -0.2) is 30.2 Å². The van der Waals surface area contributed by atoms with Crippen LogP contribution in [0.2, 0.25) is 0 Å². The van der Waals surface area contributed by atoms with Crippen LogP contribution in [0.25, 0.3) is 0 Å². The highest BCUT2D eigenvalue weighted by Crippen LogP contribution is 2.49. The predicted molar refractivity (Wildman–Crippen MR) is 75.7 cm³/mol. The summed E-state index contributed by atoms with van der Waals surface area (Å²) in [6, 6.07) is 0.323. The Bertz CT molecular complexity index is 337. The first-order chi connectivity index (χ1) is 8.91. The maximum absolute atomic E-state index is 12.5. The summed E-state index contributed by atoms with van der Waals surface area (Å²) < 4.78 is 5.67. The molecule has 0 bridgehead atoms. The molecule has 19 heavy (non-hydrogen) atoms. The molecule has 2 fully saturated rings. The van der Waals surface area contributed by atoms with E-state index in [1.807, 2.05) is 20.8 Å². The van der Waals surface area contributed by atoms with Crippen molar-refractivity contribution in [3.05, 3.63) is 0 Å². The first-order valence-corrected chi connectivity index (χ1v) is 7.63. The second-order valence-corrected chi connectivity index (χ2v) is 6.65. The standard InChI is InChI=1S/C15H28N2O2/c1-4-19-12-10-15(16,14(12,2)3)13(18)17-11-8-6-5-7-9-11/h11-12H,4-10,16H2,1-3H3,(H,17,18). The Morgan fingerprint density at radius 3 is 2.47 bits per heavy atom. The third-order valence-electron chi connectivity index (χ3n) is 5.18. The van der Waals surface area contributed by atoms with Crippen molar-refractivity contribution in [2.24, 2.45) is 11.1 Å². The Hall–Kier alpha value is -0.610. The topological polar surface area (TPSA) is 64.3 Å². The van der Waals surface area contributed by atoms with E-state index in [2.05, 4.69) is 5.32 Å². The van der Waals surface area contributed by atoms with Gasteiger partial charge in [0.15, 0.2) is 0 Å². The lowest BCUT2D eigenvalue weighted by Gasteiger charge is -2.57. The molecular formula is C15H28N2O2. The molecule has 0 heterocycles. The first kappa shape index (κ1) is 14.8. The van der Waals surface area contributed by atoms with Crippen LogP contribution in [0.5, 0.6) is 0 Å². The molecular weight excluding hydrogens is 240 g/mol. The van der Waals surface area contributed by atoms with E-state index < -0.39 is 5.54 Å². The number of hydrogen-bond acceptors (Lipinski definition) is 3. The first-order valence-electron chi connectivity index (χ1n) is 7.63. The van der Waals surface area contributed by atoms with Gasteiger partial charge in [-0.05, 0) is 19.8 Å². The normalized spacial score (nSPS) is 34.6. The fourth-order valence-corrected chi connectivity index (χ4v) is 3.38. The van der Waals surface area contributed by atoms with E-state index in [4.69, 9.17) is 10.5 Å². The monoisotopic (exact) mass is 268 g/mol. The number of carbonyl (C=O) groups is 1. The smallest absolute Gasteiger partial charge is 0.241 e. The van der Waals surface area contributed by atoms with E-state index in [0.717, 1.165) is 12.8 Å². The van der Waals surface area contributed by atoms with Crippen molar-refractivity contribution >= 4 is 5.91 Å². The van der Waals surface area contributed by atoms with Crippen LogP contribution in [0, 0.1) is 5.41 Å². The van der Waals surface area contributed by atoms with Crippen LogP contribution < -0.4 is 11.1 Å². The SMILES string of the molecule is CCOC1CC(N)(C(=O)NC2CCCCC2)C1(C)C. The van der Waals surface area contributed by atoms with Gasteiger partial charge >= 0.3 is 0 Å². The molecule has 2 rings (SSSR count). The van der Waals surface area contributed by atoms with Gasteiger partial charge in [0.1, 0.15) is 5.54 Å². The summed E-state index contributed by atoms with van der Waals surface area (Å²) in [4.78, 5) is 12.5. The average Bonchev–Trinajstić information content (AvgIpc) is 2.39. The second kappa shape index (κ2) is 5.41. The minimum absolute atomic E-state index is 0.0142. The van der Waals surface area contributed by atoms with Crippen LogP contribution in [-0.2, 0) is 9.53 Å². The molecule has 2 unspecified atom stereocenters. The number of ether oxygens (including phenoxy) is 1. The third kappa shape index (κ3) is 2.52. The molecule has 4 heteroatoms. The Kier molecular flexibility index (Phi) is 4.21. The van der Waals surface area contributed by atoms with Gasteiger partial charge in [0, 0.05) is 24.5 Å². The highest BCUT2D eigenvalue weighted by molar-refractivity contribution is 5.89. The molecule has 0 aromatic carbocycles. The second-order valence-electron chi connectivity index (χ2n) is 6.65. The molecule has 2 aliphatic rings. The highest BCUT2D eigenvalue weighted by atomic mass is 16.5. The van der Waals surface area contributed by atoms with Gasteiger partial charge in [-0.1, -0.05) is 33.1 Å². The zero-order valence-electron chi connectivity index (χ0n) is 12.5. The van der Waals surface area contributed by atoms with Crippen LogP contribution >= 0.6 is 0 Å². The van der Waals surface area contributed by atoms with E-state index >= 15 is 0 Å². The molecule has 4 nitrogen and oxygen atoms in total. The minimum atomic E-state index is -0.774. The van der Waals surface area contributed by atoms with Crippen molar-refractivity contribution in [1.29, 1.82) is 0 Å². The van der Waals surface area contributed by atoms with Gasteiger partial charge in [-0.25, -0.2) is 0 Å². The number of hydrogen-bond donors (Lipinski definition) is 2. The molecule has 0 saturated heterocycles. The number of amides is 1. The molecule has 110 valence electrons. The van der Waals surface area contributed by atoms with Crippen LogP contribution in [0.4, 0.5) is 0 Å². The van der Waals surface area contributed by atoms with Gasteiger partial charge < -0.3 is 15.8 Å². The summed E-state index contributed by atoms with van der Waals surface area (Å²) in [6.07, 6.45) is 6.64. The number of carbonyl (C=O) groups excluding carboxylic acids is 1. The fraction of sp³-hybridized carbons (Fsp3) is 0.933. The van der Waals surface area contributed by atoms with Gasteiger partial charge in [0.05, 0.1) is 6.10 Å². The van der Waals surface area contributed by atoms with Crippen molar-refractivity contribution in [3.8, 4) is 0 Å². The summed E-state index contributed by atoms with van der Waals surface area (Å²) >= 11 is 0. The predicted octanol–water partition coefficient (Wildman–Crippen LogP) is 1.97. The molecule has 1 amide bonds. The minimum Gasteiger partial charge on any atom is -0.378 e. The number of nitrogens with two attached hydrogens (primary N) is 1. The van der Waals surface area contributed by atoms with Crippen molar-refractivity contribution in [3.63, 3.8) is 0 Å². The molecule has 0 spiro atoms. The van der Waals surface area contributed by atoms with Crippen molar-refractivity contribution in [2.45, 2.75) is 77.0 Å². The molecule has 3 N–H and O–H groups in total. The summed E-state index contributed by atoms with van der Waals surface area (Å²) in [5.41, 5.74) is 5.31. The molecule has 2 aliphatic carbocycles. The van der Waals surface area contributed by atoms with Gasteiger partial charge in [-0.3, -0.25) is 4.79 Å². The molecule has 0 aromatic heterocycles. The number of nitrogens with one attached hydrogen (secondary N) is 1. The Morgan fingerprint density at radius 2 is 1.95 bits per heavy atom. The van der Waals surface area contributed by atoms with Gasteiger partial charge in [0.25, 0.3) is 0 Å². The number of rotatable bonds is 4. The highest BCUT2D eigenvalue weighted by Gasteiger charge is 2.62. The van der Waals surface area contributed by atoms with Crippen LogP contribution in [0.3, 0.4) is 0 Å². The Morgan fingerprint density at radius 1 is 1.32 bits per heavy atom. The van der Waals surface area contributed by atoms with E-state index in [1.165, 1.54) is 19.3 Å². The maximum atomic E-state index is 12.5. The zero-order chi connectivity index (χ0) is 14.1. The Balaban J connectivity index is 1.95. The molecule has 0 aromatic rings. The average molecular weight is 268 g/mol. The van der Waals surface area contributed by atoms with Crippen molar-refractivity contribution in [1.82, 2.24) is 5.32 Å². The summed E-state index contributed by atoms with van der Waals surface area (Å²) in [5.74, 6) is 0.0142. The lowest BCUT2D eigenvalue weighted by atomic mass is 9.54. The van der Waals surface area contributed by atoms with E-state index in [1.54, 1.807) is 0 Å². The fourth-order valence-electron chi connectivity index (χ4n) is 3.38. The summed E-state index contributed by atoms with van der Waals surface area (Å²) in [5, 5.41) is 3.16. The molecule has 2 saturated carbocycles. The van der Waals surface area contributed by atoms with E-state index in [0.29, 0.717) is 19.1 Å². The lowest BCUT2D eigenvalue weighted by molar-refractivity contribution is -0.171. The molecule has 0 radical (unpaired) electrons. The van der Waals surface area contributed by atoms with Crippen molar-refractivity contribution in [2.75, 3.05) is 6.61 Å². The lowest BCUT2D eigenvalue weighted by Crippen LogP contribution is -2.76. The van der Waals surface area contributed by atoms with Gasteiger partial charge in [-0.15, -0.1) is 0 Å². The van der Waals surface area contributed by atoms with Gasteiger partial charge in [-0.2, -0.15) is 0 Å². The maximum Gasteiger partial charge on any atom is 0.241 e. The van der Waals surface area contributed by atoms with E-state index in [9.17, 15) is 4.79 Å². The van der Waals surface area contributed by atoms with Crippen LogP contribution in [0.15, 0.2) is 0 Å². The third-order valence-corrected chi connectivity index (χ3v) is 5.18.